The van der Waals surface area contributed by atoms with Gasteiger partial charge in [-0.1, -0.05) is 29.8 Å². The molecule has 2 unspecified atom stereocenters. The number of hydrogen-bond acceptors (Lipinski definition) is 3. The van der Waals surface area contributed by atoms with Gasteiger partial charge in [-0.2, -0.15) is 0 Å². The molecule has 3 N–H and O–H groups in total. The number of aryl methyl sites for hydroxylation is 2. The van der Waals surface area contributed by atoms with E-state index in [1.54, 1.807) is 6.26 Å². The highest BCUT2D eigenvalue weighted by atomic mass is 16.3. The SMILES string of the molecule is Cc1ccc(C(CN)C(O)CCc2ccco2)cc1. The van der Waals surface area contributed by atoms with Crippen molar-refractivity contribution in [3.8, 4) is 0 Å². The van der Waals surface area contributed by atoms with Crippen LogP contribution in [0.3, 0.4) is 0 Å². The van der Waals surface area contributed by atoms with Crippen molar-refractivity contribution in [1.82, 2.24) is 0 Å². The molecule has 0 saturated carbocycles. The number of hydrogen-bond donors (Lipinski definition) is 2. The molecule has 1 aromatic carbocycles. The second kappa shape index (κ2) is 6.55. The predicted octanol–water partition coefficient (Wildman–Crippen LogP) is 2.62. The quantitative estimate of drug-likeness (QED) is 0.838. The Morgan fingerprint density at radius 3 is 2.53 bits per heavy atom. The normalized spacial score (nSPS) is 14.3. The fourth-order valence-electron chi connectivity index (χ4n) is 2.28. The first-order valence-corrected chi connectivity index (χ1v) is 6.68. The van der Waals surface area contributed by atoms with Crippen LogP contribution >= 0.6 is 0 Å². The van der Waals surface area contributed by atoms with Gasteiger partial charge in [-0.05, 0) is 31.0 Å². The number of aliphatic hydroxyl groups is 1. The molecular weight excluding hydrogens is 238 g/mol. The Morgan fingerprint density at radius 1 is 1.21 bits per heavy atom. The molecule has 2 atom stereocenters. The molecule has 0 radical (unpaired) electrons. The first-order chi connectivity index (χ1) is 9.20. The molecule has 3 nitrogen and oxygen atoms in total. The van der Waals surface area contributed by atoms with Crippen LogP contribution in [0, 0.1) is 6.92 Å². The van der Waals surface area contributed by atoms with Crippen LogP contribution < -0.4 is 5.73 Å². The molecule has 102 valence electrons. The van der Waals surface area contributed by atoms with Gasteiger partial charge in [0.25, 0.3) is 0 Å². The average Bonchev–Trinajstić information content (AvgIpc) is 2.92. The van der Waals surface area contributed by atoms with Crippen molar-refractivity contribution in [3.05, 3.63) is 59.5 Å². The molecule has 0 fully saturated rings. The molecule has 1 heterocycles. The highest BCUT2D eigenvalue weighted by molar-refractivity contribution is 5.25. The Bertz CT molecular complexity index is 476. The van der Waals surface area contributed by atoms with E-state index in [-0.39, 0.29) is 5.92 Å². The van der Waals surface area contributed by atoms with Crippen molar-refractivity contribution >= 4 is 0 Å². The van der Waals surface area contributed by atoms with E-state index < -0.39 is 6.10 Å². The van der Waals surface area contributed by atoms with E-state index in [1.807, 2.05) is 24.3 Å². The number of nitrogens with two attached hydrogens (primary N) is 1. The maximum absolute atomic E-state index is 10.3. The summed E-state index contributed by atoms with van der Waals surface area (Å²) in [6, 6.07) is 12.0. The molecule has 0 aliphatic carbocycles. The molecule has 0 spiro atoms. The van der Waals surface area contributed by atoms with Gasteiger partial charge in [0.15, 0.2) is 0 Å². The van der Waals surface area contributed by atoms with E-state index in [0.29, 0.717) is 13.0 Å². The summed E-state index contributed by atoms with van der Waals surface area (Å²) >= 11 is 0. The molecule has 19 heavy (non-hydrogen) atoms. The number of aliphatic hydroxyl groups excluding tert-OH is 1. The summed E-state index contributed by atoms with van der Waals surface area (Å²) in [7, 11) is 0. The Hall–Kier alpha value is -1.58. The zero-order valence-corrected chi connectivity index (χ0v) is 11.3. The van der Waals surface area contributed by atoms with Crippen LogP contribution in [0.15, 0.2) is 47.1 Å². The van der Waals surface area contributed by atoms with E-state index >= 15 is 0 Å². The van der Waals surface area contributed by atoms with Gasteiger partial charge in [0.2, 0.25) is 0 Å². The monoisotopic (exact) mass is 259 g/mol. The lowest BCUT2D eigenvalue weighted by molar-refractivity contribution is 0.134. The van der Waals surface area contributed by atoms with Crippen LogP contribution in [0.2, 0.25) is 0 Å². The van der Waals surface area contributed by atoms with Gasteiger partial charge in [-0.3, -0.25) is 0 Å². The first-order valence-electron chi connectivity index (χ1n) is 6.68. The Morgan fingerprint density at radius 2 is 1.95 bits per heavy atom. The molecule has 3 heteroatoms. The fourth-order valence-corrected chi connectivity index (χ4v) is 2.28. The van der Waals surface area contributed by atoms with Crippen molar-refractivity contribution in [2.45, 2.75) is 31.8 Å². The van der Waals surface area contributed by atoms with Gasteiger partial charge in [-0.15, -0.1) is 0 Å². The number of benzene rings is 1. The summed E-state index contributed by atoms with van der Waals surface area (Å²) < 4.78 is 5.28. The summed E-state index contributed by atoms with van der Waals surface area (Å²) in [5.41, 5.74) is 8.12. The predicted molar refractivity (Wildman–Crippen MR) is 76.0 cm³/mol. The summed E-state index contributed by atoms with van der Waals surface area (Å²) in [6.07, 6.45) is 2.60. The van der Waals surface area contributed by atoms with Crippen LogP contribution in [0.5, 0.6) is 0 Å². The van der Waals surface area contributed by atoms with Gasteiger partial charge >= 0.3 is 0 Å². The molecular formula is C16H21NO2. The van der Waals surface area contributed by atoms with Crippen LogP contribution in [0.1, 0.15) is 29.2 Å². The van der Waals surface area contributed by atoms with Crippen molar-refractivity contribution in [2.24, 2.45) is 5.73 Å². The minimum atomic E-state index is -0.446. The maximum atomic E-state index is 10.3. The third-order valence-corrected chi connectivity index (χ3v) is 3.49. The first kappa shape index (κ1) is 13.8. The van der Waals surface area contributed by atoms with E-state index in [1.165, 1.54) is 5.56 Å². The van der Waals surface area contributed by atoms with Gasteiger partial charge in [-0.25, -0.2) is 0 Å². The van der Waals surface area contributed by atoms with Gasteiger partial charge in [0.05, 0.1) is 12.4 Å². The van der Waals surface area contributed by atoms with Crippen molar-refractivity contribution in [1.29, 1.82) is 0 Å². The smallest absolute Gasteiger partial charge is 0.103 e. The zero-order valence-electron chi connectivity index (χ0n) is 11.3. The Labute approximate surface area is 114 Å². The third kappa shape index (κ3) is 3.69. The second-order valence-corrected chi connectivity index (χ2v) is 4.94. The van der Waals surface area contributed by atoms with E-state index in [0.717, 1.165) is 17.7 Å². The number of furan rings is 1. The van der Waals surface area contributed by atoms with E-state index in [2.05, 4.69) is 19.1 Å². The standard InChI is InChI=1S/C16H21NO2/c1-12-4-6-13(7-5-12)15(11-17)16(18)9-8-14-3-2-10-19-14/h2-7,10,15-16,18H,8-9,11,17H2,1H3. The lowest BCUT2D eigenvalue weighted by atomic mass is 9.90. The summed E-state index contributed by atoms with van der Waals surface area (Å²) in [5, 5.41) is 10.3. The maximum Gasteiger partial charge on any atom is 0.103 e. The van der Waals surface area contributed by atoms with Crippen molar-refractivity contribution in [2.75, 3.05) is 6.54 Å². The lowest BCUT2D eigenvalue weighted by Crippen LogP contribution is -2.26. The van der Waals surface area contributed by atoms with Gasteiger partial charge in [0.1, 0.15) is 5.76 Å². The van der Waals surface area contributed by atoms with Crippen molar-refractivity contribution < 1.29 is 9.52 Å². The zero-order chi connectivity index (χ0) is 13.7. The van der Waals surface area contributed by atoms with E-state index in [4.69, 9.17) is 10.2 Å². The van der Waals surface area contributed by atoms with Crippen LogP contribution in [0.4, 0.5) is 0 Å². The fraction of sp³-hybridized carbons (Fsp3) is 0.375. The van der Waals surface area contributed by atoms with Crippen LogP contribution in [-0.2, 0) is 6.42 Å². The summed E-state index contributed by atoms with van der Waals surface area (Å²) in [5.74, 6) is 0.884. The molecule has 2 aromatic rings. The molecule has 0 aliphatic rings. The topological polar surface area (TPSA) is 59.4 Å². The molecule has 0 bridgehead atoms. The minimum Gasteiger partial charge on any atom is -0.469 e. The Kier molecular flexibility index (Phi) is 4.77. The van der Waals surface area contributed by atoms with Crippen LogP contribution in [-0.4, -0.2) is 17.8 Å². The highest BCUT2D eigenvalue weighted by Crippen LogP contribution is 2.22. The highest BCUT2D eigenvalue weighted by Gasteiger charge is 2.19. The van der Waals surface area contributed by atoms with Gasteiger partial charge < -0.3 is 15.3 Å². The molecule has 1 aromatic heterocycles. The number of rotatable bonds is 6. The average molecular weight is 259 g/mol. The molecule has 0 aliphatic heterocycles. The van der Waals surface area contributed by atoms with Crippen molar-refractivity contribution in [3.63, 3.8) is 0 Å². The molecule has 0 amide bonds. The molecule has 2 rings (SSSR count). The summed E-state index contributed by atoms with van der Waals surface area (Å²) in [6.45, 7) is 2.50. The molecule has 0 saturated heterocycles. The van der Waals surface area contributed by atoms with Gasteiger partial charge in [0, 0.05) is 18.9 Å². The second-order valence-electron chi connectivity index (χ2n) is 4.94. The largest absolute Gasteiger partial charge is 0.469 e. The van der Waals surface area contributed by atoms with E-state index in [9.17, 15) is 5.11 Å². The van der Waals surface area contributed by atoms with Crippen LogP contribution in [0.25, 0.3) is 0 Å². The Balaban J connectivity index is 1.98. The minimum absolute atomic E-state index is 0.0180. The lowest BCUT2D eigenvalue weighted by Gasteiger charge is -2.21. The third-order valence-electron chi connectivity index (χ3n) is 3.49. The summed E-state index contributed by atoms with van der Waals surface area (Å²) in [4.78, 5) is 0.